The third kappa shape index (κ3) is 2.99. The fourth-order valence-corrected chi connectivity index (χ4v) is 1.62. The quantitative estimate of drug-likeness (QED) is 0.838. The first kappa shape index (κ1) is 12.4. The van der Waals surface area contributed by atoms with Crippen molar-refractivity contribution in [2.45, 2.75) is 12.5 Å². The highest BCUT2D eigenvalue weighted by molar-refractivity contribution is 5.99. The predicted octanol–water partition coefficient (Wildman–Crippen LogP) is 2.01. The van der Waals surface area contributed by atoms with Crippen LogP contribution in [0.2, 0.25) is 0 Å². The molecule has 1 aromatic heterocycles. The van der Waals surface area contributed by atoms with Crippen LogP contribution in [0.5, 0.6) is 0 Å². The molecule has 0 saturated heterocycles. The van der Waals surface area contributed by atoms with Gasteiger partial charge < -0.3 is 5.11 Å². The Morgan fingerprint density at radius 1 is 1.22 bits per heavy atom. The molecule has 4 heteroatoms. The molecule has 0 bridgehead atoms. The van der Waals surface area contributed by atoms with E-state index in [9.17, 15) is 14.3 Å². The molecule has 1 heterocycles. The molecule has 1 aromatic carbocycles. The number of hydrogen-bond acceptors (Lipinski definition) is 3. The minimum Gasteiger partial charge on any atom is -0.385 e. The van der Waals surface area contributed by atoms with Crippen LogP contribution in [0.15, 0.2) is 48.7 Å². The molecule has 1 atom stereocenters. The number of Topliss-reactive ketones (excluding diaryl/α,β-unsaturated/α-hetero) is 1. The Kier molecular flexibility index (Phi) is 3.79. The van der Waals surface area contributed by atoms with Crippen LogP contribution >= 0.6 is 0 Å². The first-order chi connectivity index (χ1) is 8.66. The first-order valence-electron chi connectivity index (χ1n) is 5.54. The summed E-state index contributed by atoms with van der Waals surface area (Å²) >= 11 is 0. The second-order valence-corrected chi connectivity index (χ2v) is 3.91. The van der Waals surface area contributed by atoms with E-state index in [1.165, 1.54) is 24.3 Å². The normalized spacial score (nSPS) is 12.1. The van der Waals surface area contributed by atoms with Crippen molar-refractivity contribution in [2.75, 3.05) is 0 Å². The smallest absolute Gasteiger partial charge is 0.191 e. The minimum atomic E-state index is -1.16. The van der Waals surface area contributed by atoms with Crippen molar-refractivity contribution in [3.8, 4) is 0 Å². The van der Waals surface area contributed by atoms with E-state index in [1.807, 2.05) is 0 Å². The third-order valence-corrected chi connectivity index (χ3v) is 2.56. The number of aliphatic hydroxyl groups excluding tert-OH is 1. The molecule has 18 heavy (non-hydrogen) atoms. The molecule has 2 aromatic rings. The van der Waals surface area contributed by atoms with Crippen molar-refractivity contribution in [1.29, 1.82) is 0 Å². The molecule has 0 fully saturated rings. The molecule has 2 rings (SSSR count). The van der Waals surface area contributed by atoms with Gasteiger partial charge in [-0.25, -0.2) is 4.39 Å². The summed E-state index contributed by atoms with van der Waals surface area (Å²) in [7, 11) is 0. The fraction of sp³-hybridized carbons (Fsp3) is 0.143. The predicted molar refractivity (Wildman–Crippen MR) is 64.7 cm³/mol. The highest BCUT2D eigenvalue weighted by atomic mass is 19.1. The van der Waals surface area contributed by atoms with Gasteiger partial charge in [0.1, 0.15) is 11.9 Å². The summed E-state index contributed by atoms with van der Waals surface area (Å²) < 4.78 is 12.7. The Balaban J connectivity index is 2.07. The molecule has 0 saturated carbocycles. The molecule has 3 nitrogen and oxygen atoms in total. The molecule has 0 radical (unpaired) electrons. The maximum absolute atomic E-state index is 12.7. The number of benzene rings is 1. The minimum absolute atomic E-state index is 0.150. The standard InChI is InChI=1S/C14H12FNO2/c15-11-6-4-10(5-7-11)14(18)13(17)9-12-3-1-2-8-16-12/h1-8,13,17H,9H2. The highest BCUT2D eigenvalue weighted by Crippen LogP contribution is 2.09. The van der Waals surface area contributed by atoms with Gasteiger partial charge >= 0.3 is 0 Å². The molecular formula is C14H12FNO2. The van der Waals surface area contributed by atoms with Crippen molar-refractivity contribution >= 4 is 5.78 Å². The van der Waals surface area contributed by atoms with E-state index in [4.69, 9.17) is 0 Å². The van der Waals surface area contributed by atoms with Crippen molar-refractivity contribution in [3.63, 3.8) is 0 Å². The first-order valence-corrected chi connectivity index (χ1v) is 5.54. The molecule has 1 unspecified atom stereocenters. The maximum atomic E-state index is 12.7. The zero-order valence-electron chi connectivity index (χ0n) is 9.58. The number of aliphatic hydroxyl groups is 1. The van der Waals surface area contributed by atoms with Crippen molar-refractivity contribution < 1.29 is 14.3 Å². The summed E-state index contributed by atoms with van der Waals surface area (Å²) in [5.74, 6) is -0.841. The molecule has 0 aliphatic heterocycles. The zero-order chi connectivity index (χ0) is 13.0. The summed E-state index contributed by atoms with van der Waals surface area (Å²) in [6, 6.07) is 10.4. The lowest BCUT2D eigenvalue weighted by Gasteiger charge is -2.09. The van der Waals surface area contributed by atoms with Gasteiger partial charge in [-0.3, -0.25) is 9.78 Å². The van der Waals surface area contributed by atoms with Gasteiger partial charge in [0.15, 0.2) is 5.78 Å². The van der Waals surface area contributed by atoms with Crippen LogP contribution < -0.4 is 0 Å². The van der Waals surface area contributed by atoms with Gasteiger partial charge in [-0.2, -0.15) is 0 Å². The van der Waals surface area contributed by atoms with Gasteiger partial charge in [-0.1, -0.05) is 6.07 Å². The Morgan fingerprint density at radius 3 is 2.56 bits per heavy atom. The number of hydrogen-bond donors (Lipinski definition) is 1. The molecule has 0 amide bonds. The van der Waals surface area contributed by atoms with E-state index in [1.54, 1.807) is 24.4 Å². The van der Waals surface area contributed by atoms with Crippen LogP contribution in [0.1, 0.15) is 16.1 Å². The topological polar surface area (TPSA) is 50.2 Å². The van der Waals surface area contributed by atoms with E-state index in [2.05, 4.69) is 4.98 Å². The van der Waals surface area contributed by atoms with E-state index in [0.29, 0.717) is 11.3 Å². The van der Waals surface area contributed by atoms with Crippen molar-refractivity contribution in [2.24, 2.45) is 0 Å². The summed E-state index contributed by atoms with van der Waals surface area (Å²) in [5, 5.41) is 9.81. The number of carbonyl (C=O) groups is 1. The highest BCUT2D eigenvalue weighted by Gasteiger charge is 2.17. The number of halogens is 1. The van der Waals surface area contributed by atoms with Crippen LogP contribution in [0.3, 0.4) is 0 Å². The van der Waals surface area contributed by atoms with Crippen molar-refractivity contribution in [3.05, 3.63) is 65.7 Å². The second-order valence-electron chi connectivity index (χ2n) is 3.91. The molecule has 92 valence electrons. The largest absolute Gasteiger partial charge is 0.385 e. The Hall–Kier alpha value is -2.07. The number of ketones is 1. The van der Waals surface area contributed by atoms with Crippen LogP contribution in [0, 0.1) is 5.82 Å². The number of nitrogens with zero attached hydrogens (tertiary/aromatic N) is 1. The lowest BCUT2D eigenvalue weighted by Crippen LogP contribution is -2.23. The van der Waals surface area contributed by atoms with Gasteiger partial charge in [0, 0.05) is 23.9 Å². The SMILES string of the molecule is O=C(c1ccc(F)cc1)C(O)Cc1ccccn1. The summed E-state index contributed by atoms with van der Waals surface area (Å²) in [4.78, 5) is 15.9. The number of pyridine rings is 1. The lowest BCUT2D eigenvalue weighted by atomic mass is 10.0. The molecule has 1 N–H and O–H groups in total. The van der Waals surface area contributed by atoms with Gasteiger partial charge in [-0.15, -0.1) is 0 Å². The van der Waals surface area contributed by atoms with Crippen LogP contribution in [0.4, 0.5) is 4.39 Å². The third-order valence-electron chi connectivity index (χ3n) is 2.56. The number of rotatable bonds is 4. The molecule has 0 aliphatic rings. The number of aromatic nitrogens is 1. The molecule has 0 spiro atoms. The fourth-order valence-electron chi connectivity index (χ4n) is 1.62. The second kappa shape index (κ2) is 5.51. The molecular weight excluding hydrogens is 233 g/mol. The summed E-state index contributed by atoms with van der Waals surface area (Å²) in [5.41, 5.74) is 0.931. The Labute approximate surface area is 104 Å². The Bertz CT molecular complexity index is 525. The van der Waals surface area contributed by atoms with Crippen LogP contribution in [0.25, 0.3) is 0 Å². The van der Waals surface area contributed by atoms with E-state index in [-0.39, 0.29) is 6.42 Å². The van der Waals surface area contributed by atoms with Gasteiger partial charge in [0.25, 0.3) is 0 Å². The summed E-state index contributed by atoms with van der Waals surface area (Å²) in [6.45, 7) is 0. The monoisotopic (exact) mass is 245 g/mol. The van der Waals surface area contributed by atoms with E-state index >= 15 is 0 Å². The van der Waals surface area contributed by atoms with Crippen molar-refractivity contribution in [1.82, 2.24) is 4.98 Å². The Morgan fingerprint density at radius 2 is 1.94 bits per heavy atom. The van der Waals surface area contributed by atoms with Gasteiger partial charge in [-0.05, 0) is 36.4 Å². The van der Waals surface area contributed by atoms with Gasteiger partial charge in [0.05, 0.1) is 0 Å². The zero-order valence-corrected chi connectivity index (χ0v) is 9.58. The van der Waals surface area contributed by atoms with Crippen LogP contribution in [-0.2, 0) is 6.42 Å². The average molecular weight is 245 g/mol. The summed E-state index contributed by atoms with van der Waals surface area (Å²) in [6.07, 6.45) is 0.590. The van der Waals surface area contributed by atoms with Gasteiger partial charge in [0.2, 0.25) is 0 Å². The maximum Gasteiger partial charge on any atom is 0.191 e. The van der Waals surface area contributed by atoms with E-state index < -0.39 is 17.7 Å². The van der Waals surface area contributed by atoms with E-state index in [0.717, 1.165) is 0 Å². The number of carbonyl (C=O) groups excluding carboxylic acids is 1. The molecule has 0 aliphatic carbocycles. The lowest BCUT2D eigenvalue weighted by molar-refractivity contribution is 0.0746. The van der Waals surface area contributed by atoms with Crippen LogP contribution in [-0.4, -0.2) is 22.0 Å². The average Bonchev–Trinajstić information content (AvgIpc) is 2.40.